The molecule has 226 valence electrons. The van der Waals surface area contributed by atoms with Gasteiger partial charge in [0.25, 0.3) is 0 Å². The normalized spacial score (nSPS) is 19.5. The molecule has 2 heterocycles. The highest BCUT2D eigenvalue weighted by Crippen LogP contribution is 2.46. The number of rotatable bonds is 8. The summed E-state index contributed by atoms with van der Waals surface area (Å²) in [5.74, 6) is -5.75. The van der Waals surface area contributed by atoms with Gasteiger partial charge in [-0.05, 0) is 69.2 Å². The topological polar surface area (TPSA) is 101 Å². The number of aryl methyl sites for hydroxylation is 2. The van der Waals surface area contributed by atoms with Crippen LogP contribution in [0, 0.1) is 40.5 Å². The van der Waals surface area contributed by atoms with Crippen molar-refractivity contribution in [3.63, 3.8) is 0 Å². The number of hydrogen-bond acceptors (Lipinski definition) is 6. The van der Waals surface area contributed by atoms with Crippen LogP contribution in [0.5, 0.6) is 0 Å². The van der Waals surface area contributed by atoms with Crippen LogP contribution in [0.15, 0.2) is 41.7 Å². The van der Waals surface area contributed by atoms with Crippen LogP contribution in [0.25, 0.3) is 11.4 Å². The van der Waals surface area contributed by atoms with Crippen LogP contribution in [0.3, 0.4) is 0 Å². The lowest BCUT2D eigenvalue weighted by atomic mass is 9.76. The van der Waals surface area contributed by atoms with Crippen LogP contribution in [-0.2, 0) is 34.8 Å². The Morgan fingerprint density at radius 1 is 1.12 bits per heavy atom. The van der Waals surface area contributed by atoms with Crippen molar-refractivity contribution in [1.82, 2.24) is 14.8 Å². The lowest BCUT2D eigenvalue weighted by molar-refractivity contribution is -0.167. The van der Waals surface area contributed by atoms with Gasteiger partial charge in [0.1, 0.15) is 23.0 Å². The predicted molar refractivity (Wildman–Crippen MR) is 148 cm³/mol. The molecule has 0 amide bonds. The lowest BCUT2D eigenvalue weighted by Gasteiger charge is -2.42. The number of aliphatic hydroxyl groups is 1. The van der Waals surface area contributed by atoms with E-state index in [4.69, 9.17) is 4.74 Å². The van der Waals surface area contributed by atoms with Gasteiger partial charge in [0.15, 0.2) is 23.3 Å². The molecule has 7 nitrogen and oxygen atoms in total. The van der Waals surface area contributed by atoms with Crippen LogP contribution in [-0.4, -0.2) is 31.4 Å². The molecule has 0 radical (unpaired) electrons. The third-order valence-corrected chi connectivity index (χ3v) is 8.74. The molecule has 1 aliphatic heterocycles. The highest BCUT2D eigenvalue weighted by Gasteiger charge is 2.48. The second kappa shape index (κ2) is 11.5. The van der Waals surface area contributed by atoms with E-state index in [0.29, 0.717) is 24.0 Å². The average molecular weight is 597 g/mol. The maximum Gasteiger partial charge on any atom is 0.338 e. The van der Waals surface area contributed by atoms with E-state index in [2.05, 4.69) is 16.2 Å². The van der Waals surface area contributed by atoms with Gasteiger partial charge < -0.3 is 9.84 Å². The zero-order valence-corrected chi connectivity index (χ0v) is 24.2. The fraction of sp³-hybridized carbons (Fsp3) is 0.438. The second-order valence-electron chi connectivity index (χ2n) is 12.0. The van der Waals surface area contributed by atoms with E-state index in [0.717, 1.165) is 37.8 Å². The summed E-state index contributed by atoms with van der Waals surface area (Å²) in [6, 6.07) is 8.70. The number of nitriles is 1. The number of benzene rings is 2. The molecule has 1 fully saturated rings. The highest BCUT2D eigenvalue weighted by atomic mass is 19.2. The fourth-order valence-electron chi connectivity index (χ4n) is 6.17. The number of carbonyl (C=O) groups is 1. The van der Waals surface area contributed by atoms with Gasteiger partial charge in [0.2, 0.25) is 0 Å². The molecule has 11 heteroatoms. The summed E-state index contributed by atoms with van der Waals surface area (Å²) in [5, 5.41) is 24.7. The molecule has 3 aromatic rings. The Bertz CT molecular complexity index is 1650. The first-order valence-electron chi connectivity index (χ1n) is 14.2. The Kier molecular flexibility index (Phi) is 8.07. The van der Waals surface area contributed by atoms with E-state index in [1.165, 1.54) is 17.8 Å². The first kappa shape index (κ1) is 30.3. The SMILES string of the molecule is Cn1nc(-c2ccc(F)c(F)c2F)nc1CC1=C(O)CC(CCc2ccc(C(C)(C)C#N)c(F)c2)(C2CCCC2)OC1=O. The van der Waals surface area contributed by atoms with Gasteiger partial charge in [-0.15, -0.1) is 0 Å². The Labute approximate surface area is 246 Å². The van der Waals surface area contributed by atoms with E-state index in [1.54, 1.807) is 26.0 Å². The van der Waals surface area contributed by atoms with Crippen molar-refractivity contribution in [1.29, 1.82) is 5.26 Å². The van der Waals surface area contributed by atoms with E-state index in [1.807, 2.05) is 0 Å². The smallest absolute Gasteiger partial charge is 0.338 e. The number of ether oxygens (including phenoxy) is 1. The quantitative estimate of drug-likeness (QED) is 0.176. The average Bonchev–Trinajstić information content (AvgIpc) is 3.63. The summed E-state index contributed by atoms with van der Waals surface area (Å²) in [6.45, 7) is 3.30. The number of nitrogens with zero attached hydrogens (tertiary/aromatic N) is 4. The number of esters is 1. The van der Waals surface area contributed by atoms with Crippen molar-refractivity contribution < 1.29 is 32.2 Å². The molecule has 43 heavy (non-hydrogen) atoms. The van der Waals surface area contributed by atoms with Gasteiger partial charge >= 0.3 is 5.97 Å². The number of aromatic nitrogens is 3. The minimum atomic E-state index is -1.64. The first-order valence-corrected chi connectivity index (χ1v) is 14.2. The molecule has 1 aliphatic carbocycles. The maximum absolute atomic E-state index is 14.9. The van der Waals surface area contributed by atoms with E-state index in [9.17, 15) is 32.7 Å². The molecular weight excluding hydrogens is 564 g/mol. The minimum Gasteiger partial charge on any atom is -0.512 e. The van der Waals surface area contributed by atoms with Crippen LogP contribution < -0.4 is 0 Å². The van der Waals surface area contributed by atoms with Crippen molar-refractivity contribution in [3.8, 4) is 17.5 Å². The van der Waals surface area contributed by atoms with Crippen molar-refractivity contribution in [3.05, 3.63) is 81.9 Å². The van der Waals surface area contributed by atoms with Crippen molar-refractivity contribution in [2.45, 2.75) is 76.2 Å². The molecule has 0 saturated heterocycles. The van der Waals surface area contributed by atoms with Crippen LogP contribution in [0.2, 0.25) is 0 Å². The molecule has 0 bridgehead atoms. The first-order chi connectivity index (χ1) is 20.3. The number of aliphatic hydroxyl groups excluding tert-OH is 1. The molecule has 5 rings (SSSR count). The third-order valence-electron chi connectivity index (χ3n) is 8.74. The molecular formula is C32H32F4N4O3. The fourth-order valence-corrected chi connectivity index (χ4v) is 6.17. The zero-order chi connectivity index (χ0) is 31.1. The summed E-state index contributed by atoms with van der Waals surface area (Å²) >= 11 is 0. The van der Waals surface area contributed by atoms with Crippen LogP contribution in [0.1, 0.15) is 69.3 Å². The third kappa shape index (κ3) is 5.75. The number of hydrogen-bond donors (Lipinski definition) is 1. The summed E-state index contributed by atoms with van der Waals surface area (Å²) < 4.78 is 63.9. The maximum atomic E-state index is 14.9. The summed E-state index contributed by atoms with van der Waals surface area (Å²) in [6.07, 6.45) is 4.24. The monoisotopic (exact) mass is 596 g/mol. The number of cyclic esters (lactones) is 1. The van der Waals surface area contributed by atoms with Gasteiger partial charge in [0, 0.05) is 25.5 Å². The molecule has 1 atom stereocenters. The van der Waals surface area contributed by atoms with Crippen molar-refractivity contribution in [2.24, 2.45) is 13.0 Å². The number of halogens is 4. The summed E-state index contributed by atoms with van der Waals surface area (Å²) in [5.41, 5.74) is -1.33. The van der Waals surface area contributed by atoms with E-state index >= 15 is 0 Å². The van der Waals surface area contributed by atoms with Crippen molar-refractivity contribution >= 4 is 5.97 Å². The Morgan fingerprint density at radius 2 is 1.84 bits per heavy atom. The zero-order valence-electron chi connectivity index (χ0n) is 24.2. The van der Waals surface area contributed by atoms with Gasteiger partial charge in [-0.3, -0.25) is 4.68 Å². The summed E-state index contributed by atoms with van der Waals surface area (Å²) in [4.78, 5) is 17.6. The van der Waals surface area contributed by atoms with Gasteiger partial charge in [-0.25, -0.2) is 27.3 Å². The molecule has 2 aromatic carbocycles. The van der Waals surface area contributed by atoms with Gasteiger partial charge in [0.05, 0.1) is 22.6 Å². The highest BCUT2D eigenvalue weighted by molar-refractivity contribution is 5.90. The van der Waals surface area contributed by atoms with Crippen molar-refractivity contribution in [2.75, 3.05) is 0 Å². The Morgan fingerprint density at radius 3 is 2.49 bits per heavy atom. The minimum absolute atomic E-state index is 0.0135. The Hall–Kier alpha value is -4.20. The molecule has 1 unspecified atom stereocenters. The molecule has 1 N–H and O–H groups in total. The predicted octanol–water partition coefficient (Wildman–Crippen LogP) is 6.70. The van der Waals surface area contributed by atoms with Crippen LogP contribution in [0.4, 0.5) is 17.6 Å². The molecule has 1 aromatic heterocycles. The van der Waals surface area contributed by atoms with Gasteiger partial charge in [-0.1, -0.05) is 25.0 Å². The lowest BCUT2D eigenvalue weighted by Crippen LogP contribution is -2.46. The van der Waals surface area contributed by atoms with E-state index in [-0.39, 0.29) is 47.3 Å². The second-order valence-corrected chi connectivity index (χ2v) is 12.0. The molecule has 0 spiro atoms. The standard InChI is InChI=1S/C32H32F4N4O3/c1-31(2,17-37)22-10-8-18(14-24(22)34)12-13-32(19-6-4-5-7-19)16-25(41)21(30(42)43-32)15-26-38-29(39-40(26)3)20-9-11-23(33)28(36)27(20)35/h8-11,14,19,41H,4-7,12-13,15-16H2,1-3H3. The summed E-state index contributed by atoms with van der Waals surface area (Å²) in [7, 11) is 1.50. The molecule has 2 aliphatic rings. The largest absolute Gasteiger partial charge is 0.512 e. The molecule has 1 saturated carbocycles. The number of carbonyl (C=O) groups excluding carboxylic acids is 1. The van der Waals surface area contributed by atoms with Gasteiger partial charge in [-0.2, -0.15) is 10.4 Å². The van der Waals surface area contributed by atoms with Crippen LogP contribution >= 0.6 is 0 Å². The van der Waals surface area contributed by atoms with E-state index < -0.39 is 40.3 Å². The Balaban J connectivity index is 1.39.